The van der Waals surface area contributed by atoms with Crippen LogP contribution in [-0.4, -0.2) is 42.1 Å². The van der Waals surface area contributed by atoms with Gasteiger partial charge >= 0.3 is 0 Å². The predicted molar refractivity (Wildman–Crippen MR) is 93.7 cm³/mol. The van der Waals surface area contributed by atoms with E-state index in [0.29, 0.717) is 12.6 Å². The molecule has 2 aliphatic heterocycles. The van der Waals surface area contributed by atoms with Crippen molar-refractivity contribution in [1.82, 2.24) is 4.90 Å². The number of benzene rings is 1. The molecular weight excluding hydrogens is 312 g/mol. The van der Waals surface area contributed by atoms with Crippen molar-refractivity contribution in [3.05, 3.63) is 35.9 Å². The summed E-state index contributed by atoms with van der Waals surface area (Å²) in [6, 6.07) is 10.8. The second-order valence-corrected chi connectivity index (χ2v) is 6.43. The fraction of sp³-hybridized carbons (Fsp3) is 0.611. The number of nitrogens with two attached hydrogens (primary N) is 1. The number of carbonyl (C=O) groups is 1. The zero-order chi connectivity index (χ0) is 15.4. The molecule has 2 N–H and O–H groups in total. The predicted octanol–water partition coefficient (Wildman–Crippen LogP) is 2.54. The van der Waals surface area contributed by atoms with Crippen LogP contribution in [0.4, 0.5) is 0 Å². The zero-order valence-corrected chi connectivity index (χ0v) is 14.3. The molecule has 1 unspecified atom stereocenters. The van der Waals surface area contributed by atoms with Crippen molar-refractivity contribution in [2.24, 2.45) is 5.73 Å². The van der Waals surface area contributed by atoms with Gasteiger partial charge in [0.2, 0.25) is 0 Å². The third-order valence-corrected chi connectivity index (χ3v) is 4.87. The minimum absolute atomic E-state index is 0. The van der Waals surface area contributed by atoms with E-state index in [1.165, 1.54) is 12.0 Å². The highest BCUT2D eigenvalue weighted by Gasteiger charge is 2.36. The van der Waals surface area contributed by atoms with E-state index in [1.807, 2.05) is 6.07 Å². The lowest BCUT2D eigenvalue weighted by Gasteiger charge is -2.37. The van der Waals surface area contributed by atoms with Gasteiger partial charge in [0.1, 0.15) is 6.10 Å². The molecule has 3 rings (SSSR count). The van der Waals surface area contributed by atoms with Crippen LogP contribution < -0.4 is 5.73 Å². The largest absolute Gasteiger partial charge is 0.364 e. The average molecular weight is 339 g/mol. The summed E-state index contributed by atoms with van der Waals surface area (Å²) in [6.07, 6.45) is 5.85. The number of rotatable bonds is 4. The number of nitrogens with zero attached hydrogens (tertiary/aromatic N) is 1. The first-order valence-corrected chi connectivity index (χ1v) is 8.48. The number of piperidine rings is 1. The van der Waals surface area contributed by atoms with Gasteiger partial charge in [0.05, 0.1) is 6.10 Å². The molecule has 0 radical (unpaired) electrons. The first-order chi connectivity index (χ1) is 10.8. The zero-order valence-electron chi connectivity index (χ0n) is 13.5. The summed E-state index contributed by atoms with van der Waals surface area (Å²) >= 11 is 0. The number of hydrogen-bond donors (Lipinski definition) is 1. The highest BCUT2D eigenvalue weighted by Crippen LogP contribution is 2.26. The molecule has 128 valence electrons. The lowest BCUT2D eigenvalue weighted by molar-refractivity contribution is -0.146. The molecule has 23 heavy (non-hydrogen) atoms. The van der Waals surface area contributed by atoms with Crippen LogP contribution in [0.3, 0.4) is 0 Å². The van der Waals surface area contributed by atoms with Crippen molar-refractivity contribution < 1.29 is 9.53 Å². The van der Waals surface area contributed by atoms with Crippen LogP contribution >= 0.6 is 12.4 Å². The molecule has 2 heterocycles. The van der Waals surface area contributed by atoms with E-state index < -0.39 is 0 Å². The summed E-state index contributed by atoms with van der Waals surface area (Å²) in [4.78, 5) is 14.9. The first-order valence-electron chi connectivity index (χ1n) is 8.48. The highest BCUT2D eigenvalue weighted by molar-refractivity contribution is 5.85. The molecule has 5 heteroatoms. The van der Waals surface area contributed by atoms with Crippen molar-refractivity contribution in [1.29, 1.82) is 0 Å². The van der Waals surface area contributed by atoms with E-state index in [9.17, 15) is 4.79 Å². The van der Waals surface area contributed by atoms with Gasteiger partial charge in [0.25, 0.3) is 5.91 Å². The summed E-state index contributed by atoms with van der Waals surface area (Å²) in [5, 5.41) is 0. The van der Waals surface area contributed by atoms with Gasteiger partial charge in [-0.25, -0.2) is 0 Å². The Balaban J connectivity index is 0.00000192. The van der Waals surface area contributed by atoms with Crippen LogP contribution in [0.5, 0.6) is 0 Å². The lowest BCUT2D eigenvalue weighted by atomic mass is 9.95. The Hall–Kier alpha value is -1.10. The van der Waals surface area contributed by atoms with E-state index in [2.05, 4.69) is 29.2 Å². The Morgan fingerprint density at radius 2 is 1.96 bits per heavy atom. The number of halogens is 1. The van der Waals surface area contributed by atoms with Gasteiger partial charge in [-0.2, -0.15) is 0 Å². The molecule has 0 aliphatic carbocycles. The quantitative estimate of drug-likeness (QED) is 0.917. The molecule has 0 saturated carbocycles. The van der Waals surface area contributed by atoms with Crippen LogP contribution in [0.1, 0.15) is 37.7 Å². The monoisotopic (exact) mass is 338 g/mol. The van der Waals surface area contributed by atoms with Crippen LogP contribution in [0, 0.1) is 0 Å². The average Bonchev–Trinajstić information content (AvgIpc) is 3.05. The van der Waals surface area contributed by atoms with Gasteiger partial charge in [-0.15, -0.1) is 12.4 Å². The molecule has 0 aromatic heterocycles. The SMILES string of the molecule is Cl.NC[C@H]1CC[C@@H](C(=O)N2CCCCC2Cc2ccccc2)O1. The summed E-state index contributed by atoms with van der Waals surface area (Å²) in [5.74, 6) is 0.177. The normalized spacial score (nSPS) is 27.5. The van der Waals surface area contributed by atoms with E-state index in [4.69, 9.17) is 10.5 Å². The third kappa shape index (κ3) is 4.46. The lowest BCUT2D eigenvalue weighted by Crippen LogP contribution is -2.49. The van der Waals surface area contributed by atoms with E-state index in [-0.39, 0.29) is 30.5 Å². The molecule has 1 aromatic rings. The van der Waals surface area contributed by atoms with Gasteiger partial charge in [-0.3, -0.25) is 4.79 Å². The summed E-state index contributed by atoms with van der Waals surface area (Å²) in [6.45, 7) is 1.38. The Labute approximate surface area is 144 Å². The topological polar surface area (TPSA) is 55.6 Å². The second-order valence-electron chi connectivity index (χ2n) is 6.43. The maximum Gasteiger partial charge on any atom is 0.251 e. The van der Waals surface area contributed by atoms with Gasteiger partial charge in [0.15, 0.2) is 0 Å². The van der Waals surface area contributed by atoms with Crippen molar-refractivity contribution >= 4 is 18.3 Å². The second kappa shape index (κ2) is 8.67. The van der Waals surface area contributed by atoms with Crippen LogP contribution in [-0.2, 0) is 16.0 Å². The van der Waals surface area contributed by atoms with Crippen molar-refractivity contribution in [3.63, 3.8) is 0 Å². The van der Waals surface area contributed by atoms with Gasteiger partial charge in [-0.05, 0) is 44.1 Å². The summed E-state index contributed by atoms with van der Waals surface area (Å²) < 4.78 is 5.81. The third-order valence-electron chi connectivity index (χ3n) is 4.87. The molecule has 2 aliphatic rings. The minimum atomic E-state index is -0.273. The highest BCUT2D eigenvalue weighted by atomic mass is 35.5. The van der Waals surface area contributed by atoms with Crippen LogP contribution in [0.15, 0.2) is 30.3 Å². The fourth-order valence-corrected chi connectivity index (χ4v) is 3.63. The maximum absolute atomic E-state index is 12.8. The molecule has 4 nitrogen and oxygen atoms in total. The number of hydrogen-bond acceptors (Lipinski definition) is 3. The Morgan fingerprint density at radius 1 is 1.17 bits per heavy atom. The number of likely N-dealkylation sites (tertiary alicyclic amines) is 1. The summed E-state index contributed by atoms with van der Waals surface area (Å²) in [7, 11) is 0. The Morgan fingerprint density at radius 3 is 2.65 bits per heavy atom. The Bertz CT molecular complexity index is 497. The van der Waals surface area contributed by atoms with Gasteiger partial charge in [-0.1, -0.05) is 30.3 Å². The number of carbonyl (C=O) groups excluding carboxylic acids is 1. The molecule has 1 aromatic carbocycles. The van der Waals surface area contributed by atoms with Crippen LogP contribution in [0.25, 0.3) is 0 Å². The molecule has 2 fully saturated rings. The standard InChI is InChI=1S/C18H26N2O2.ClH/c19-13-16-9-10-17(22-16)18(21)20-11-5-4-8-15(20)12-14-6-2-1-3-7-14;/h1-3,6-7,15-17H,4-5,8-13,19H2;1H/t15?,16-,17+;/m1./s1. The Kier molecular flexibility index (Phi) is 6.88. The summed E-state index contributed by atoms with van der Waals surface area (Å²) in [5.41, 5.74) is 6.96. The minimum Gasteiger partial charge on any atom is -0.364 e. The number of amides is 1. The molecule has 1 amide bonds. The van der Waals surface area contributed by atoms with Crippen LogP contribution in [0.2, 0.25) is 0 Å². The molecular formula is C18H27ClN2O2. The van der Waals surface area contributed by atoms with Crippen molar-refractivity contribution in [3.8, 4) is 0 Å². The first kappa shape index (κ1) is 18.2. The smallest absolute Gasteiger partial charge is 0.251 e. The van der Waals surface area contributed by atoms with E-state index in [0.717, 1.165) is 38.6 Å². The molecule has 0 spiro atoms. The van der Waals surface area contributed by atoms with E-state index in [1.54, 1.807) is 0 Å². The fourth-order valence-electron chi connectivity index (χ4n) is 3.63. The van der Waals surface area contributed by atoms with Gasteiger partial charge < -0.3 is 15.4 Å². The molecule has 2 saturated heterocycles. The van der Waals surface area contributed by atoms with Gasteiger partial charge in [0, 0.05) is 19.1 Å². The maximum atomic E-state index is 12.8. The van der Waals surface area contributed by atoms with E-state index >= 15 is 0 Å². The number of ether oxygens (including phenoxy) is 1. The van der Waals surface area contributed by atoms with Crippen molar-refractivity contribution in [2.75, 3.05) is 13.1 Å². The van der Waals surface area contributed by atoms with Crippen molar-refractivity contribution in [2.45, 2.75) is 56.8 Å². The molecule has 0 bridgehead atoms. The molecule has 3 atom stereocenters.